The Balaban J connectivity index is 1.67. The summed E-state index contributed by atoms with van der Waals surface area (Å²) in [6.07, 6.45) is 1.53. The van der Waals surface area contributed by atoms with E-state index in [0.29, 0.717) is 0 Å². The molecule has 6 heteroatoms. The van der Waals surface area contributed by atoms with Gasteiger partial charge in [-0.15, -0.1) is 0 Å². The van der Waals surface area contributed by atoms with Crippen molar-refractivity contribution in [1.29, 1.82) is 0 Å². The molecule has 0 atom stereocenters. The number of furan rings is 1. The smallest absolute Gasteiger partial charge is 0.307 e. The van der Waals surface area contributed by atoms with E-state index in [9.17, 15) is 9.59 Å². The van der Waals surface area contributed by atoms with Crippen LogP contribution in [-0.2, 0) is 16.1 Å². The lowest BCUT2D eigenvalue weighted by molar-refractivity contribution is -0.144. The van der Waals surface area contributed by atoms with Gasteiger partial charge in [0.05, 0.1) is 12.7 Å². The van der Waals surface area contributed by atoms with Gasteiger partial charge in [0.1, 0.15) is 6.61 Å². The maximum Gasteiger partial charge on any atom is 0.307 e. The Morgan fingerprint density at radius 2 is 2.10 bits per heavy atom. The number of hydrogen-bond acceptors (Lipinski definition) is 4. The highest BCUT2D eigenvalue weighted by atomic mass is 79.9. The van der Waals surface area contributed by atoms with Crippen molar-refractivity contribution < 1.29 is 18.7 Å². The van der Waals surface area contributed by atoms with E-state index in [1.165, 1.54) is 6.26 Å². The molecule has 0 aliphatic rings. The molecule has 0 saturated carbocycles. The topological polar surface area (TPSA) is 68.5 Å². The second kappa shape index (κ2) is 7.64. The third-order valence-electron chi connectivity index (χ3n) is 2.65. The molecule has 1 N–H and O–H groups in total. The summed E-state index contributed by atoms with van der Waals surface area (Å²) in [5.74, 6) is -0.494. The summed E-state index contributed by atoms with van der Waals surface area (Å²) in [7, 11) is 0. The van der Waals surface area contributed by atoms with Crippen molar-refractivity contribution in [3.05, 3.63) is 58.5 Å². The Hall–Kier alpha value is -2.08. The molecule has 0 radical (unpaired) electrons. The number of nitrogens with one attached hydrogen (secondary N) is 1. The predicted molar refractivity (Wildman–Crippen MR) is 79.6 cm³/mol. The summed E-state index contributed by atoms with van der Waals surface area (Å²) >= 11 is 3.35. The molecule has 5 nitrogen and oxygen atoms in total. The molecule has 0 bridgehead atoms. The molecule has 0 aliphatic heterocycles. The van der Waals surface area contributed by atoms with Crippen LogP contribution in [0.3, 0.4) is 0 Å². The van der Waals surface area contributed by atoms with Gasteiger partial charge in [0.2, 0.25) is 0 Å². The average Bonchev–Trinajstić information content (AvgIpc) is 2.99. The lowest BCUT2D eigenvalue weighted by Crippen LogP contribution is -2.26. The lowest BCUT2D eigenvalue weighted by Gasteiger charge is -2.06. The van der Waals surface area contributed by atoms with Crippen LogP contribution in [0.4, 0.5) is 0 Å². The van der Waals surface area contributed by atoms with Crippen LogP contribution in [0, 0.1) is 0 Å². The Bertz CT molecular complexity index is 610. The van der Waals surface area contributed by atoms with E-state index in [-0.39, 0.29) is 37.2 Å². The summed E-state index contributed by atoms with van der Waals surface area (Å²) in [5, 5.41) is 2.58. The van der Waals surface area contributed by atoms with E-state index in [0.717, 1.165) is 10.0 Å². The predicted octanol–water partition coefficient (Wildman–Crippen LogP) is 2.91. The molecular formula is C15H14BrNO4. The van der Waals surface area contributed by atoms with Crippen LogP contribution in [-0.4, -0.2) is 18.4 Å². The van der Waals surface area contributed by atoms with Crippen LogP contribution in [0.2, 0.25) is 0 Å². The summed E-state index contributed by atoms with van der Waals surface area (Å²) in [6, 6.07) is 10.7. The maximum absolute atomic E-state index is 11.6. The highest BCUT2D eigenvalue weighted by Crippen LogP contribution is 2.12. The zero-order valence-electron chi connectivity index (χ0n) is 11.2. The first kappa shape index (κ1) is 15.3. The molecule has 2 aromatic rings. The van der Waals surface area contributed by atoms with Crippen LogP contribution in [0.15, 0.2) is 51.6 Å². The van der Waals surface area contributed by atoms with E-state index in [4.69, 9.17) is 9.15 Å². The van der Waals surface area contributed by atoms with Crippen LogP contribution in [0.1, 0.15) is 22.5 Å². The van der Waals surface area contributed by atoms with Gasteiger partial charge in [-0.25, -0.2) is 0 Å². The molecule has 0 aliphatic carbocycles. The number of rotatable bonds is 6. The van der Waals surface area contributed by atoms with Crippen molar-refractivity contribution in [2.45, 2.75) is 13.0 Å². The van der Waals surface area contributed by atoms with Gasteiger partial charge in [-0.05, 0) is 29.8 Å². The summed E-state index contributed by atoms with van der Waals surface area (Å²) in [4.78, 5) is 23.1. The minimum atomic E-state index is -0.366. The van der Waals surface area contributed by atoms with Gasteiger partial charge in [0, 0.05) is 11.0 Å². The summed E-state index contributed by atoms with van der Waals surface area (Å²) in [6.45, 7) is 0.418. The Kier molecular flexibility index (Phi) is 5.57. The molecule has 1 amide bonds. The zero-order valence-corrected chi connectivity index (χ0v) is 12.8. The molecule has 21 heavy (non-hydrogen) atoms. The molecule has 0 spiro atoms. The third kappa shape index (κ3) is 5.07. The number of ether oxygens (including phenoxy) is 1. The van der Waals surface area contributed by atoms with E-state index < -0.39 is 0 Å². The Morgan fingerprint density at radius 1 is 1.24 bits per heavy atom. The van der Waals surface area contributed by atoms with Crippen LogP contribution in [0.25, 0.3) is 0 Å². The molecule has 0 fully saturated rings. The fourth-order valence-corrected chi connectivity index (χ4v) is 2.08. The third-order valence-corrected chi connectivity index (χ3v) is 3.14. The van der Waals surface area contributed by atoms with E-state index in [2.05, 4.69) is 21.2 Å². The van der Waals surface area contributed by atoms with Gasteiger partial charge in [-0.1, -0.05) is 28.1 Å². The minimum Gasteiger partial charge on any atom is -0.461 e. The quantitative estimate of drug-likeness (QED) is 0.812. The van der Waals surface area contributed by atoms with Gasteiger partial charge in [0.15, 0.2) is 5.76 Å². The van der Waals surface area contributed by atoms with Crippen molar-refractivity contribution in [1.82, 2.24) is 5.32 Å². The lowest BCUT2D eigenvalue weighted by atomic mass is 10.2. The molecule has 1 aromatic carbocycles. The molecule has 110 valence electrons. The number of esters is 1. The number of benzene rings is 1. The minimum absolute atomic E-state index is 0.112. The molecule has 2 rings (SSSR count). The van der Waals surface area contributed by atoms with Gasteiger partial charge in [-0.2, -0.15) is 0 Å². The first-order valence-corrected chi connectivity index (χ1v) is 7.16. The molecule has 0 unspecified atom stereocenters. The first-order chi connectivity index (χ1) is 10.1. The van der Waals surface area contributed by atoms with Crippen molar-refractivity contribution in [3.63, 3.8) is 0 Å². The van der Waals surface area contributed by atoms with Crippen molar-refractivity contribution in [2.24, 2.45) is 0 Å². The van der Waals surface area contributed by atoms with Gasteiger partial charge in [-0.3, -0.25) is 9.59 Å². The second-order valence-corrected chi connectivity index (χ2v) is 5.19. The van der Waals surface area contributed by atoms with Crippen molar-refractivity contribution >= 4 is 27.8 Å². The molecular weight excluding hydrogens is 338 g/mol. The zero-order chi connectivity index (χ0) is 15.1. The van der Waals surface area contributed by atoms with Gasteiger partial charge >= 0.3 is 5.97 Å². The summed E-state index contributed by atoms with van der Waals surface area (Å²) < 4.78 is 11.0. The van der Waals surface area contributed by atoms with Crippen LogP contribution >= 0.6 is 15.9 Å². The highest BCUT2D eigenvalue weighted by molar-refractivity contribution is 9.10. The molecule has 1 aromatic heterocycles. The van der Waals surface area contributed by atoms with Gasteiger partial charge < -0.3 is 14.5 Å². The fraction of sp³-hybridized carbons (Fsp3) is 0.200. The molecule has 1 heterocycles. The monoisotopic (exact) mass is 351 g/mol. The van der Waals surface area contributed by atoms with Gasteiger partial charge in [0.25, 0.3) is 5.91 Å². The number of halogens is 1. The maximum atomic E-state index is 11.6. The number of carbonyl (C=O) groups excluding carboxylic acids is 2. The highest BCUT2D eigenvalue weighted by Gasteiger charge is 2.09. The Labute approximate surface area is 130 Å². The SMILES string of the molecule is O=C(CCNC(=O)c1ccco1)OCc1cccc(Br)c1. The average molecular weight is 352 g/mol. The second-order valence-electron chi connectivity index (χ2n) is 4.27. The largest absolute Gasteiger partial charge is 0.461 e. The van der Waals surface area contributed by atoms with E-state index in [1.807, 2.05) is 24.3 Å². The van der Waals surface area contributed by atoms with Crippen molar-refractivity contribution in [2.75, 3.05) is 6.54 Å². The van der Waals surface area contributed by atoms with E-state index >= 15 is 0 Å². The summed E-state index contributed by atoms with van der Waals surface area (Å²) in [5.41, 5.74) is 0.900. The van der Waals surface area contributed by atoms with Crippen molar-refractivity contribution in [3.8, 4) is 0 Å². The Morgan fingerprint density at radius 3 is 2.81 bits per heavy atom. The standard InChI is InChI=1S/C15H14BrNO4/c16-12-4-1-3-11(9-12)10-21-14(18)6-7-17-15(19)13-5-2-8-20-13/h1-5,8-9H,6-7,10H2,(H,17,19). The molecule has 0 saturated heterocycles. The number of carbonyl (C=O) groups is 2. The van der Waals surface area contributed by atoms with Crippen LogP contribution in [0.5, 0.6) is 0 Å². The number of hydrogen-bond donors (Lipinski definition) is 1. The number of amides is 1. The normalized spacial score (nSPS) is 10.1. The van der Waals surface area contributed by atoms with Crippen LogP contribution < -0.4 is 5.32 Å². The fourth-order valence-electron chi connectivity index (χ4n) is 1.64. The first-order valence-electron chi connectivity index (χ1n) is 6.37. The van der Waals surface area contributed by atoms with E-state index in [1.54, 1.807) is 12.1 Å².